The van der Waals surface area contributed by atoms with Gasteiger partial charge in [-0.3, -0.25) is 9.78 Å². The SMILES string of the molecule is COC(=O)c1ccc(NC(=O)Cc2ncccc2C)cc1. The second kappa shape index (κ2) is 6.65. The van der Waals surface area contributed by atoms with Crippen LogP contribution in [-0.4, -0.2) is 24.0 Å². The van der Waals surface area contributed by atoms with E-state index in [9.17, 15) is 9.59 Å². The summed E-state index contributed by atoms with van der Waals surface area (Å²) in [6, 6.07) is 10.3. The number of hydrogen-bond donors (Lipinski definition) is 1. The van der Waals surface area contributed by atoms with Crippen LogP contribution in [0.25, 0.3) is 0 Å². The topological polar surface area (TPSA) is 68.3 Å². The number of hydrogen-bond acceptors (Lipinski definition) is 4. The van der Waals surface area contributed by atoms with Crippen molar-refractivity contribution in [3.8, 4) is 0 Å². The molecule has 108 valence electrons. The molecule has 1 heterocycles. The van der Waals surface area contributed by atoms with Crippen molar-refractivity contribution < 1.29 is 14.3 Å². The molecule has 0 atom stereocenters. The predicted octanol–water partition coefficient (Wildman–Crippen LogP) is 2.36. The summed E-state index contributed by atoms with van der Waals surface area (Å²) in [5.41, 5.74) is 2.80. The maximum absolute atomic E-state index is 12.0. The van der Waals surface area contributed by atoms with E-state index in [-0.39, 0.29) is 12.3 Å². The zero-order valence-corrected chi connectivity index (χ0v) is 11.9. The summed E-state index contributed by atoms with van der Waals surface area (Å²) >= 11 is 0. The van der Waals surface area contributed by atoms with Gasteiger partial charge in [0.15, 0.2) is 0 Å². The normalized spacial score (nSPS) is 10.0. The van der Waals surface area contributed by atoms with Crippen LogP contribution in [0.2, 0.25) is 0 Å². The number of benzene rings is 1. The molecule has 2 aromatic rings. The maximum atomic E-state index is 12.0. The van der Waals surface area contributed by atoms with Gasteiger partial charge >= 0.3 is 5.97 Å². The number of nitrogens with zero attached hydrogens (tertiary/aromatic N) is 1. The molecule has 1 N–H and O–H groups in total. The number of methoxy groups -OCH3 is 1. The summed E-state index contributed by atoms with van der Waals surface area (Å²) < 4.78 is 4.61. The first-order chi connectivity index (χ1) is 10.1. The molecule has 2 rings (SSSR count). The number of nitrogens with one attached hydrogen (secondary N) is 1. The van der Waals surface area contributed by atoms with E-state index in [0.717, 1.165) is 11.3 Å². The summed E-state index contributed by atoms with van der Waals surface area (Å²) in [6.45, 7) is 1.92. The Morgan fingerprint density at radius 1 is 1.19 bits per heavy atom. The summed E-state index contributed by atoms with van der Waals surface area (Å²) in [6.07, 6.45) is 1.88. The number of aryl methyl sites for hydroxylation is 1. The molecule has 0 radical (unpaired) electrons. The highest BCUT2D eigenvalue weighted by atomic mass is 16.5. The first-order valence-corrected chi connectivity index (χ1v) is 6.49. The molecular weight excluding hydrogens is 268 g/mol. The number of carbonyl (C=O) groups is 2. The Kier molecular flexibility index (Phi) is 4.66. The van der Waals surface area contributed by atoms with E-state index >= 15 is 0 Å². The number of anilines is 1. The minimum Gasteiger partial charge on any atom is -0.465 e. The number of esters is 1. The van der Waals surface area contributed by atoms with E-state index in [1.54, 1.807) is 30.5 Å². The Morgan fingerprint density at radius 2 is 1.90 bits per heavy atom. The zero-order valence-electron chi connectivity index (χ0n) is 11.9. The van der Waals surface area contributed by atoms with Crippen molar-refractivity contribution >= 4 is 17.6 Å². The van der Waals surface area contributed by atoms with Gasteiger partial charge in [-0.05, 0) is 42.8 Å². The largest absolute Gasteiger partial charge is 0.465 e. The summed E-state index contributed by atoms with van der Waals surface area (Å²) in [5, 5.41) is 2.77. The molecule has 0 unspecified atom stereocenters. The lowest BCUT2D eigenvalue weighted by Crippen LogP contribution is -2.16. The smallest absolute Gasteiger partial charge is 0.337 e. The molecule has 0 aliphatic rings. The van der Waals surface area contributed by atoms with Gasteiger partial charge < -0.3 is 10.1 Å². The Morgan fingerprint density at radius 3 is 2.52 bits per heavy atom. The van der Waals surface area contributed by atoms with Gasteiger partial charge in [0.05, 0.1) is 24.8 Å². The van der Waals surface area contributed by atoms with Gasteiger partial charge in [0.1, 0.15) is 0 Å². The van der Waals surface area contributed by atoms with Crippen molar-refractivity contribution in [3.63, 3.8) is 0 Å². The molecule has 0 aliphatic carbocycles. The van der Waals surface area contributed by atoms with Crippen LogP contribution in [0.3, 0.4) is 0 Å². The Bertz CT molecular complexity index is 651. The third-order valence-corrected chi connectivity index (χ3v) is 3.04. The van der Waals surface area contributed by atoms with Crippen molar-refractivity contribution in [2.24, 2.45) is 0 Å². The molecule has 1 amide bonds. The van der Waals surface area contributed by atoms with Crippen LogP contribution in [0.4, 0.5) is 5.69 Å². The maximum Gasteiger partial charge on any atom is 0.337 e. The fraction of sp³-hybridized carbons (Fsp3) is 0.188. The van der Waals surface area contributed by atoms with E-state index in [1.807, 2.05) is 19.1 Å². The van der Waals surface area contributed by atoms with Gasteiger partial charge in [0.2, 0.25) is 5.91 Å². The molecule has 0 bridgehead atoms. The van der Waals surface area contributed by atoms with Crippen molar-refractivity contribution in [2.45, 2.75) is 13.3 Å². The van der Waals surface area contributed by atoms with Gasteiger partial charge in [-0.2, -0.15) is 0 Å². The van der Waals surface area contributed by atoms with Crippen LogP contribution in [0.15, 0.2) is 42.6 Å². The fourth-order valence-electron chi connectivity index (χ4n) is 1.87. The van der Waals surface area contributed by atoms with Crippen LogP contribution in [0, 0.1) is 6.92 Å². The number of aromatic nitrogens is 1. The molecule has 1 aromatic carbocycles. The highest BCUT2D eigenvalue weighted by molar-refractivity contribution is 5.93. The standard InChI is InChI=1S/C16H16N2O3/c1-11-4-3-9-17-14(11)10-15(19)18-13-7-5-12(6-8-13)16(20)21-2/h3-9H,10H2,1-2H3,(H,18,19). The molecular formula is C16H16N2O3. The summed E-state index contributed by atoms with van der Waals surface area (Å²) in [5.74, 6) is -0.556. The second-order valence-corrected chi connectivity index (χ2v) is 4.56. The quantitative estimate of drug-likeness (QED) is 0.875. The first kappa shape index (κ1) is 14.7. The lowest BCUT2D eigenvalue weighted by Gasteiger charge is -2.07. The van der Waals surface area contributed by atoms with Gasteiger partial charge in [0.25, 0.3) is 0 Å². The van der Waals surface area contributed by atoms with E-state index in [4.69, 9.17) is 0 Å². The molecule has 0 saturated carbocycles. The van der Waals surface area contributed by atoms with E-state index in [1.165, 1.54) is 7.11 Å². The van der Waals surface area contributed by atoms with Gasteiger partial charge in [-0.1, -0.05) is 6.07 Å². The first-order valence-electron chi connectivity index (χ1n) is 6.49. The third kappa shape index (κ3) is 3.89. The van der Waals surface area contributed by atoms with Crippen LogP contribution >= 0.6 is 0 Å². The number of rotatable bonds is 4. The monoisotopic (exact) mass is 284 g/mol. The van der Waals surface area contributed by atoms with Gasteiger partial charge in [0, 0.05) is 11.9 Å². The number of ether oxygens (including phenoxy) is 1. The Labute approximate surface area is 123 Å². The second-order valence-electron chi connectivity index (χ2n) is 4.56. The van der Waals surface area contributed by atoms with Crippen LogP contribution in [0.5, 0.6) is 0 Å². The minimum absolute atomic E-state index is 0.150. The molecule has 0 fully saturated rings. The number of amides is 1. The Hall–Kier alpha value is -2.69. The lowest BCUT2D eigenvalue weighted by atomic mass is 10.1. The molecule has 1 aromatic heterocycles. The van der Waals surface area contributed by atoms with E-state index in [2.05, 4.69) is 15.0 Å². The average Bonchev–Trinajstić information content (AvgIpc) is 2.49. The van der Waals surface area contributed by atoms with Crippen molar-refractivity contribution in [2.75, 3.05) is 12.4 Å². The number of pyridine rings is 1. The van der Waals surface area contributed by atoms with E-state index < -0.39 is 5.97 Å². The zero-order chi connectivity index (χ0) is 15.2. The molecule has 0 saturated heterocycles. The van der Waals surface area contributed by atoms with Crippen molar-refractivity contribution in [1.82, 2.24) is 4.98 Å². The highest BCUT2D eigenvalue weighted by Crippen LogP contribution is 2.11. The van der Waals surface area contributed by atoms with Crippen molar-refractivity contribution in [1.29, 1.82) is 0 Å². The third-order valence-electron chi connectivity index (χ3n) is 3.04. The molecule has 0 spiro atoms. The predicted molar refractivity (Wildman–Crippen MR) is 79.1 cm³/mol. The number of carbonyl (C=O) groups excluding carboxylic acids is 2. The molecule has 21 heavy (non-hydrogen) atoms. The minimum atomic E-state index is -0.406. The van der Waals surface area contributed by atoms with E-state index in [0.29, 0.717) is 11.3 Å². The van der Waals surface area contributed by atoms with Crippen molar-refractivity contribution in [3.05, 3.63) is 59.4 Å². The van der Waals surface area contributed by atoms with Crippen LogP contribution in [0.1, 0.15) is 21.6 Å². The molecule has 5 nitrogen and oxygen atoms in total. The van der Waals surface area contributed by atoms with Gasteiger partial charge in [-0.15, -0.1) is 0 Å². The highest BCUT2D eigenvalue weighted by Gasteiger charge is 2.08. The van der Waals surface area contributed by atoms with Crippen LogP contribution in [-0.2, 0) is 16.0 Å². The summed E-state index contributed by atoms with van der Waals surface area (Å²) in [4.78, 5) is 27.5. The fourth-order valence-corrected chi connectivity index (χ4v) is 1.87. The molecule has 5 heteroatoms. The molecule has 0 aliphatic heterocycles. The average molecular weight is 284 g/mol. The lowest BCUT2D eigenvalue weighted by molar-refractivity contribution is -0.115. The summed E-state index contributed by atoms with van der Waals surface area (Å²) in [7, 11) is 1.33. The van der Waals surface area contributed by atoms with Crippen LogP contribution < -0.4 is 5.32 Å². The Balaban J connectivity index is 2.00. The van der Waals surface area contributed by atoms with Gasteiger partial charge in [-0.25, -0.2) is 4.79 Å².